The summed E-state index contributed by atoms with van der Waals surface area (Å²) in [4.78, 5) is 24.8. The van der Waals surface area contributed by atoms with Gasteiger partial charge in [-0.25, -0.2) is 9.59 Å². The molecule has 2 rings (SSSR count). The van der Waals surface area contributed by atoms with Gasteiger partial charge < -0.3 is 14.2 Å². The summed E-state index contributed by atoms with van der Waals surface area (Å²) in [6, 6.07) is 17.7. The third kappa shape index (κ3) is 3.63. The fourth-order valence-electron chi connectivity index (χ4n) is 2.28. The lowest BCUT2D eigenvalue weighted by Gasteiger charge is -2.28. The van der Waals surface area contributed by atoms with E-state index < -0.39 is 23.6 Å². The first-order valence-corrected chi connectivity index (χ1v) is 7.47. The van der Waals surface area contributed by atoms with Gasteiger partial charge in [0.25, 0.3) is 0 Å². The highest BCUT2D eigenvalue weighted by atomic mass is 16.6. The molecule has 1 unspecified atom stereocenters. The molecule has 0 saturated heterocycles. The first-order chi connectivity index (χ1) is 11.5. The van der Waals surface area contributed by atoms with Crippen LogP contribution < -0.4 is 0 Å². The molecule has 0 aromatic heterocycles. The minimum atomic E-state index is -1.33. The minimum absolute atomic E-state index is 0.532. The second-order valence-electron chi connectivity index (χ2n) is 5.32. The van der Waals surface area contributed by atoms with Crippen LogP contribution in [0.25, 0.3) is 0 Å². The van der Waals surface area contributed by atoms with E-state index in [4.69, 9.17) is 14.2 Å². The van der Waals surface area contributed by atoms with Crippen molar-refractivity contribution in [3.63, 3.8) is 0 Å². The summed E-state index contributed by atoms with van der Waals surface area (Å²) >= 11 is 0. The fraction of sp³-hybridized carbons (Fsp3) is 0.263. The molecule has 2 aromatic rings. The molecule has 2 aromatic carbocycles. The summed E-state index contributed by atoms with van der Waals surface area (Å²) in [5, 5.41) is 0. The molecule has 0 bridgehead atoms. The molecule has 2 atom stereocenters. The van der Waals surface area contributed by atoms with Crippen molar-refractivity contribution < 1.29 is 23.8 Å². The molecule has 0 amide bonds. The standard InChI is InChI=1S/C19H20O5/c1-19(23-3,15-12-8-5-9-13-15)18(21)24-16(17(20)22-2)14-10-6-4-7-11-14/h4-13,16H,1-3H3/t16?,19-/m0/s1. The van der Waals surface area contributed by atoms with Crippen molar-refractivity contribution in [2.75, 3.05) is 14.2 Å². The number of esters is 2. The van der Waals surface area contributed by atoms with Gasteiger partial charge in [-0.1, -0.05) is 60.7 Å². The number of ether oxygens (including phenoxy) is 3. The van der Waals surface area contributed by atoms with Crippen LogP contribution in [0.1, 0.15) is 24.2 Å². The van der Waals surface area contributed by atoms with Crippen molar-refractivity contribution in [3.8, 4) is 0 Å². The molecular formula is C19H20O5. The molecule has 0 spiro atoms. The maximum atomic E-state index is 12.7. The molecule has 0 aliphatic rings. The van der Waals surface area contributed by atoms with Gasteiger partial charge in [-0.3, -0.25) is 0 Å². The van der Waals surface area contributed by atoms with Crippen LogP contribution in [0.4, 0.5) is 0 Å². The van der Waals surface area contributed by atoms with E-state index in [0.29, 0.717) is 11.1 Å². The van der Waals surface area contributed by atoms with E-state index in [0.717, 1.165) is 0 Å². The van der Waals surface area contributed by atoms with E-state index in [9.17, 15) is 9.59 Å². The molecule has 5 nitrogen and oxygen atoms in total. The van der Waals surface area contributed by atoms with Gasteiger partial charge >= 0.3 is 11.9 Å². The van der Waals surface area contributed by atoms with E-state index >= 15 is 0 Å². The van der Waals surface area contributed by atoms with Gasteiger partial charge in [0.15, 0.2) is 5.60 Å². The highest BCUT2D eigenvalue weighted by Crippen LogP contribution is 2.29. The topological polar surface area (TPSA) is 61.8 Å². The van der Waals surface area contributed by atoms with Crippen LogP contribution in [-0.4, -0.2) is 26.2 Å². The van der Waals surface area contributed by atoms with Crippen LogP contribution >= 0.6 is 0 Å². The Morgan fingerprint density at radius 3 is 1.96 bits per heavy atom. The zero-order chi connectivity index (χ0) is 17.6. The second kappa shape index (κ2) is 7.75. The Morgan fingerprint density at radius 2 is 1.46 bits per heavy atom. The van der Waals surface area contributed by atoms with Gasteiger partial charge in [0, 0.05) is 12.7 Å². The lowest BCUT2D eigenvalue weighted by atomic mass is 9.95. The Bertz CT molecular complexity index is 683. The summed E-state index contributed by atoms with van der Waals surface area (Å²) in [6.07, 6.45) is -1.15. The highest BCUT2D eigenvalue weighted by Gasteiger charge is 2.40. The number of hydrogen-bond donors (Lipinski definition) is 0. The summed E-state index contributed by atoms with van der Waals surface area (Å²) in [5.41, 5.74) is -0.166. The summed E-state index contributed by atoms with van der Waals surface area (Å²) in [7, 11) is 2.67. The van der Waals surface area contributed by atoms with Crippen molar-refractivity contribution in [1.82, 2.24) is 0 Å². The summed E-state index contributed by atoms with van der Waals surface area (Å²) < 4.78 is 15.6. The molecule has 126 valence electrons. The molecule has 0 aliphatic carbocycles. The van der Waals surface area contributed by atoms with Crippen molar-refractivity contribution in [1.29, 1.82) is 0 Å². The minimum Gasteiger partial charge on any atom is -0.466 e. The van der Waals surface area contributed by atoms with Crippen LogP contribution in [0, 0.1) is 0 Å². The molecule has 0 aliphatic heterocycles. The summed E-state index contributed by atoms with van der Waals surface area (Å²) in [5.74, 6) is -1.32. The Labute approximate surface area is 141 Å². The van der Waals surface area contributed by atoms with Gasteiger partial charge in [-0.05, 0) is 12.5 Å². The van der Waals surface area contributed by atoms with E-state index in [-0.39, 0.29) is 0 Å². The number of carbonyl (C=O) groups excluding carboxylic acids is 2. The van der Waals surface area contributed by atoms with Crippen molar-refractivity contribution in [2.24, 2.45) is 0 Å². The lowest BCUT2D eigenvalue weighted by molar-refractivity contribution is -0.182. The predicted octanol–water partition coefficient (Wildman–Crippen LogP) is 3.01. The van der Waals surface area contributed by atoms with E-state index in [1.807, 2.05) is 12.1 Å². The first kappa shape index (κ1) is 17.7. The Kier molecular flexibility index (Phi) is 5.71. The Hall–Kier alpha value is -2.66. The Balaban J connectivity index is 2.31. The van der Waals surface area contributed by atoms with Crippen LogP contribution in [0.15, 0.2) is 60.7 Å². The molecule has 0 heterocycles. The fourth-order valence-corrected chi connectivity index (χ4v) is 2.28. The largest absolute Gasteiger partial charge is 0.466 e. The molecule has 0 radical (unpaired) electrons. The van der Waals surface area contributed by atoms with E-state index in [1.165, 1.54) is 14.2 Å². The Morgan fingerprint density at radius 1 is 0.917 bits per heavy atom. The third-order valence-corrected chi connectivity index (χ3v) is 3.86. The van der Waals surface area contributed by atoms with E-state index in [2.05, 4.69) is 0 Å². The van der Waals surface area contributed by atoms with Crippen molar-refractivity contribution >= 4 is 11.9 Å². The van der Waals surface area contributed by atoms with Gasteiger partial charge in [0.1, 0.15) is 0 Å². The van der Waals surface area contributed by atoms with Crippen LogP contribution in [-0.2, 0) is 29.4 Å². The number of methoxy groups -OCH3 is 2. The van der Waals surface area contributed by atoms with Crippen molar-refractivity contribution in [2.45, 2.75) is 18.6 Å². The van der Waals surface area contributed by atoms with E-state index in [1.54, 1.807) is 55.5 Å². The average molecular weight is 328 g/mol. The smallest absolute Gasteiger partial charge is 0.351 e. The maximum Gasteiger partial charge on any atom is 0.351 e. The monoisotopic (exact) mass is 328 g/mol. The number of carbonyl (C=O) groups is 2. The second-order valence-corrected chi connectivity index (χ2v) is 5.32. The molecule has 5 heteroatoms. The van der Waals surface area contributed by atoms with Gasteiger partial charge in [-0.2, -0.15) is 0 Å². The zero-order valence-electron chi connectivity index (χ0n) is 13.9. The van der Waals surface area contributed by atoms with Crippen LogP contribution in [0.2, 0.25) is 0 Å². The molecule has 0 saturated carbocycles. The van der Waals surface area contributed by atoms with Gasteiger partial charge in [0.05, 0.1) is 7.11 Å². The molecule has 0 N–H and O–H groups in total. The molecular weight excluding hydrogens is 308 g/mol. The molecule has 0 fully saturated rings. The maximum absolute atomic E-state index is 12.7. The third-order valence-electron chi connectivity index (χ3n) is 3.86. The zero-order valence-corrected chi connectivity index (χ0v) is 13.9. The van der Waals surface area contributed by atoms with Gasteiger partial charge in [-0.15, -0.1) is 0 Å². The summed E-state index contributed by atoms with van der Waals surface area (Å²) in [6.45, 7) is 1.60. The SMILES string of the molecule is COC(=O)C(OC(=O)[C@@](C)(OC)c1ccccc1)c1ccccc1. The van der Waals surface area contributed by atoms with Crippen LogP contribution in [0.5, 0.6) is 0 Å². The lowest BCUT2D eigenvalue weighted by Crippen LogP contribution is -2.38. The predicted molar refractivity (Wildman–Crippen MR) is 88.1 cm³/mol. The quantitative estimate of drug-likeness (QED) is 0.763. The number of rotatable bonds is 6. The average Bonchev–Trinajstić information content (AvgIpc) is 2.65. The highest BCUT2D eigenvalue weighted by molar-refractivity contribution is 5.85. The first-order valence-electron chi connectivity index (χ1n) is 7.47. The van der Waals surface area contributed by atoms with Crippen molar-refractivity contribution in [3.05, 3.63) is 71.8 Å². The van der Waals surface area contributed by atoms with Crippen LogP contribution in [0.3, 0.4) is 0 Å². The number of benzene rings is 2. The van der Waals surface area contributed by atoms with Gasteiger partial charge in [0.2, 0.25) is 6.10 Å². The molecule has 24 heavy (non-hydrogen) atoms. The normalized spacial score (nSPS) is 14.3. The number of hydrogen-bond acceptors (Lipinski definition) is 5.